The highest BCUT2D eigenvalue weighted by Crippen LogP contribution is 2.31. The highest BCUT2D eigenvalue weighted by molar-refractivity contribution is 5.30. The molecule has 0 radical (unpaired) electrons. The quantitative estimate of drug-likeness (QED) is 0.586. The van der Waals surface area contributed by atoms with Crippen LogP contribution in [0.25, 0.3) is 0 Å². The Hall–Kier alpha value is -0.520. The predicted octanol–water partition coefficient (Wildman–Crippen LogP) is 5.51. The lowest BCUT2D eigenvalue weighted by Crippen LogP contribution is -2.03. The second kappa shape index (κ2) is 6.27. The second-order valence-electron chi connectivity index (χ2n) is 5.98. The predicted molar refractivity (Wildman–Crippen MR) is 73.5 cm³/mol. The van der Waals surface area contributed by atoms with Crippen LogP contribution < -0.4 is 0 Å². The second-order valence-corrected chi connectivity index (χ2v) is 5.98. The minimum Gasteiger partial charge on any atom is -0.0705 e. The van der Waals surface area contributed by atoms with E-state index in [4.69, 9.17) is 0 Å². The van der Waals surface area contributed by atoms with Gasteiger partial charge < -0.3 is 0 Å². The van der Waals surface area contributed by atoms with Crippen molar-refractivity contribution in [3.05, 3.63) is 22.8 Å². The van der Waals surface area contributed by atoms with Crippen molar-refractivity contribution in [2.45, 2.75) is 66.7 Å². The van der Waals surface area contributed by atoms with E-state index in [1.54, 1.807) is 11.1 Å². The van der Waals surface area contributed by atoms with Gasteiger partial charge in [-0.15, -0.1) is 0 Å². The van der Waals surface area contributed by atoms with Crippen LogP contribution in [0, 0.1) is 11.8 Å². The molecule has 0 saturated carbocycles. The van der Waals surface area contributed by atoms with Crippen LogP contribution >= 0.6 is 0 Å². The molecule has 0 spiro atoms. The van der Waals surface area contributed by atoms with Gasteiger partial charge in [0.2, 0.25) is 0 Å². The van der Waals surface area contributed by atoms with Gasteiger partial charge in [0.05, 0.1) is 0 Å². The van der Waals surface area contributed by atoms with Crippen molar-refractivity contribution < 1.29 is 0 Å². The van der Waals surface area contributed by atoms with Gasteiger partial charge in [0.15, 0.2) is 0 Å². The van der Waals surface area contributed by atoms with E-state index in [0.29, 0.717) is 5.92 Å². The Morgan fingerprint density at radius 3 is 2.31 bits per heavy atom. The lowest BCUT2D eigenvalue weighted by molar-refractivity contribution is 0.579. The maximum Gasteiger partial charge on any atom is -0.0260 e. The van der Waals surface area contributed by atoms with Crippen LogP contribution in [-0.2, 0) is 0 Å². The van der Waals surface area contributed by atoms with E-state index >= 15 is 0 Å². The van der Waals surface area contributed by atoms with Crippen molar-refractivity contribution in [3.8, 4) is 0 Å². The van der Waals surface area contributed by atoms with Crippen LogP contribution in [0.4, 0.5) is 0 Å². The molecule has 0 heteroatoms. The molecule has 0 aromatic carbocycles. The first-order valence-corrected chi connectivity index (χ1v) is 6.89. The maximum absolute atomic E-state index is 2.47. The lowest BCUT2D eigenvalue weighted by atomic mass is 9.85. The van der Waals surface area contributed by atoms with E-state index < -0.39 is 0 Å². The van der Waals surface area contributed by atoms with Gasteiger partial charge >= 0.3 is 0 Å². The van der Waals surface area contributed by atoms with Crippen LogP contribution in [0.15, 0.2) is 22.8 Å². The molecule has 0 nitrogen and oxygen atoms in total. The summed E-state index contributed by atoms with van der Waals surface area (Å²) in [4.78, 5) is 0. The molecule has 0 aromatic heterocycles. The Balaban J connectivity index is 2.86. The molecule has 0 aromatic rings. The van der Waals surface area contributed by atoms with Crippen LogP contribution in [0.3, 0.4) is 0 Å². The molecule has 1 aliphatic rings. The maximum atomic E-state index is 2.47. The molecule has 0 unspecified atom stereocenters. The Labute approximate surface area is 102 Å². The summed E-state index contributed by atoms with van der Waals surface area (Å²) in [7, 11) is 0. The first-order chi connectivity index (χ1) is 7.50. The van der Waals surface area contributed by atoms with Gasteiger partial charge in [-0.05, 0) is 56.4 Å². The van der Waals surface area contributed by atoms with Gasteiger partial charge in [-0.25, -0.2) is 0 Å². The largest absolute Gasteiger partial charge is 0.0705 e. The molecule has 0 fully saturated rings. The molecule has 92 valence electrons. The molecule has 0 N–H and O–H groups in total. The molecular formula is C16H28. The summed E-state index contributed by atoms with van der Waals surface area (Å²) >= 11 is 0. The molecule has 0 bridgehead atoms. The summed E-state index contributed by atoms with van der Waals surface area (Å²) in [5, 5.41) is 0. The van der Waals surface area contributed by atoms with Crippen molar-refractivity contribution in [3.63, 3.8) is 0 Å². The van der Waals surface area contributed by atoms with Crippen LogP contribution in [0.5, 0.6) is 0 Å². The third kappa shape index (κ3) is 4.15. The van der Waals surface area contributed by atoms with E-state index in [1.165, 1.54) is 37.7 Å². The SMILES string of the molecule is C/C(=C\C1=C(CC(C)C)CCCC1)C(C)C. The van der Waals surface area contributed by atoms with Crippen LogP contribution in [-0.4, -0.2) is 0 Å². The molecule has 0 aliphatic heterocycles. The Morgan fingerprint density at radius 1 is 1.12 bits per heavy atom. The average molecular weight is 220 g/mol. The van der Waals surface area contributed by atoms with Crippen molar-refractivity contribution in [1.82, 2.24) is 0 Å². The molecule has 0 amide bonds. The molecular weight excluding hydrogens is 192 g/mol. The first kappa shape index (κ1) is 13.5. The zero-order chi connectivity index (χ0) is 12.1. The van der Waals surface area contributed by atoms with Crippen LogP contribution in [0.2, 0.25) is 0 Å². The highest BCUT2D eigenvalue weighted by Gasteiger charge is 2.12. The summed E-state index contributed by atoms with van der Waals surface area (Å²) in [6.07, 6.45) is 9.22. The molecule has 1 rings (SSSR count). The van der Waals surface area contributed by atoms with Crippen molar-refractivity contribution in [1.29, 1.82) is 0 Å². The number of hydrogen-bond acceptors (Lipinski definition) is 0. The van der Waals surface area contributed by atoms with Crippen molar-refractivity contribution in [2.75, 3.05) is 0 Å². The zero-order valence-corrected chi connectivity index (χ0v) is 11.8. The lowest BCUT2D eigenvalue weighted by Gasteiger charge is -2.21. The minimum atomic E-state index is 0.690. The van der Waals surface area contributed by atoms with Gasteiger partial charge in [0.1, 0.15) is 0 Å². The third-order valence-electron chi connectivity index (χ3n) is 3.60. The fraction of sp³-hybridized carbons (Fsp3) is 0.750. The summed E-state index contributed by atoms with van der Waals surface area (Å²) in [5.74, 6) is 1.49. The van der Waals surface area contributed by atoms with Gasteiger partial charge in [0, 0.05) is 0 Å². The van der Waals surface area contributed by atoms with E-state index in [0.717, 1.165) is 5.92 Å². The number of rotatable bonds is 4. The summed E-state index contributed by atoms with van der Waals surface area (Å²) < 4.78 is 0. The topological polar surface area (TPSA) is 0 Å². The monoisotopic (exact) mass is 220 g/mol. The molecule has 16 heavy (non-hydrogen) atoms. The van der Waals surface area contributed by atoms with Gasteiger partial charge in [0.25, 0.3) is 0 Å². The fourth-order valence-corrected chi connectivity index (χ4v) is 2.33. The van der Waals surface area contributed by atoms with Gasteiger partial charge in [-0.2, -0.15) is 0 Å². The third-order valence-corrected chi connectivity index (χ3v) is 3.60. The summed E-state index contributed by atoms with van der Waals surface area (Å²) in [6.45, 7) is 11.5. The molecule has 0 heterocycles. The van der Waals surface area contributed by atoms with E-state index in [-0.39, 0.29) is 0 Å². The standard InChI is InChI=1S/C16H28/c1-12(2)10-15-8-6-7-9-16(15)11-14(5)13(3)4/h11-13H,6-10H2,1-5H3/b14-11+. The van der Waals surface area contributed by atoms with Crippen molar-refractivity contribution in [2.24, 2.45) is 11.8 Å². The van der Waals surface area contributed by atoms with Crippen LogP contribution in [0.1, 0.15) is 66.7 Å². The smallest absolute Gasteiger partial charge is 0.0260 e. The molecule has 0 saturated heterocycles. The molecule has 1 aliphatic carbocycles. The summed E-state index contributed by atoms with van der Waals surface area (Å²) in [6, 6.07) is 0. The first-order valence-electron chi connectivity index (χ1n) is 6.89. The van der Waals surface area contributed by atoms with Gasteiger partial charge in [-0.1, -0.05) is 44.9 Å². The fourth-order valence-electron chi connectivity index (χ4n) is 2.33. The Bertz CT molecular complexity index is 276. The Morgan fingerprint density at radius 2 is 1.75 bits per heavy atom. The van der Waals surface area contributed by atoms with Gasteiger partial charge in [-0.3, -0.25) is 0 Å². The molecule has 0 atom stereocenters. The Kier molecular flexibility index (Phi) is 5.31. The average Bonchev–Trinajstić information content (AvgIpc) is 2.20. The minimum absolute atomic E-state index is 0.690. The number of allylic oxidation sites excluding steroid dienone is 4. The number of hydrogen-bond donors (Lipinski definition) is 0. The van der Waals surface area contributed by atoms with E-state index in [1.807, 2.05) is 0 Å². The van der Waals surface area contributed by atoms with E-state index in [9.17, 15) is 0 Å². The summed E-state index contributed by atoms with van der Waals surface area (Å²) in [5.41, 5.74) is 4.94. The van der Waals surface area contributed by atoms with E-state index in [2.05, 4.69) is 40.7 Å². The highest BCUT2D eigenvalue weighted by atomic mass is 14.2. The van der Waals surface area contributed by atoms with Crippen molar-refractivity contribution >= 4 is 0 Å². The normalized spacial score (nSPS) is 18.8. The zero-order valence-electron chi connectivity index (χ0n) is 11.8.